The highest BCUT2D eigenvalue weighted by molar-refractivity contribution is 6.60. The summed E-state index contributed by atoms with van der Waals surface area (Å²) in [6.07, 6.45) is 4.30. The summed E-state index contributed by atoms with van der Waals surface area (Å²) in [5.41, 5.74) is 4.85. The maximum absolute atomic E-state index is 5.28. The van der Waals surface area contributed by atoms with Crippen molar-refractivity contribution in [3.05, 3.63) is 12.3 Å². The predicted molar refractivity (Wildman–Crippen MR) is 81.0 cm³/mol. The fraction of sp³-hybridized carbons (Fsp3) is 0.818. The van der Waals surface area contributed by atoms with Crippen molar-refractivity contribution in [1.82, 2.24) is 5.32 Å². The molecule has 0 aliphatic heterocycles. The molecule has 0 saturated carbocycles. The van der Waals surface area contributed by atoms with Crippen molar-refractivity contribution in [3.8, 4) is 0 Å². The number of hydrogen-bond acceptors (Lipinski definition) is 5. The number of nitrogens with one attached hydrogen (secondary N) is 1. The second-order valence-corrected chi connectivity index (χ2v) is 6.37. The molecule has 0 aromatic heterocycles. The first-order valence-corrected chi connectivity index (χ1v) is 7.78. The van der Waals surface area contributed by atoms with Crippen LogP contribution in [0.2, 0.25) is 6.04 Å². The summed E-state index contributed by atoms with van der Waals surface area (Å²) in [6, 6.07) is 0.865. The van der Waals surface area contributed by atoms with E-state index in [0.717, 1.165) is 25.6 Å². The molecule has 0 rings (SSSR count). The number of halogens is 1. The van der Waals surface area contributed by atoms with E-state index in [-0.39, 0.29) is 12.4 Å². The quantitative estimate of drug-likeness (QED) is 0.528. The van der Waals surface area contributed by atoms with Gasteiger partial charge in [0.15, 0.2) is 0 Å². The zero-order valence-corrected chi connectivity index (χ0v) is 14.0. The van der Waals surface area contributed by atoms with E-state index < -0.39 is 8.80 Å². The minimum absolute atomic E-state index is 0. The van der Waals surface area contributed by atoms with Gasteiger partial charge in [-0.1, -0.05) is 13.0 Å². The Hall–Kier alpha value is -0.113. The van der Waals surface area contributed by atoms with E-state index in [1.807, 2.05) is 6.92 Å². The minimum atomic E-state index is -2.31. The van der Waals surface area contributed by atoms with Crippen molar-refractivity contribution in [2.24, 2.45) is 5.73 Å². The zero-order chi connectivity index (χ0) is 13.6. The van der Waals surface area contributed by atoms with Gasteiger partial charge in [0.05, 0.1) is 0 Å². The SMILES string of the molecule is CC=CN.CCNCCC[Si](OC)(OC)OC.Cl. The monoisotopic (exact) mass is 300 g/mol. The van der Waals surface area contributed by atoms with Gasteiger partial charge in [-0.15, -0.1) is 12.4 Å². The van der Waals surface area contributed by atoms with Crippen LogP contribution >= 0.6 is 12.4 Å². The van der Waals surface area contributed by atoms with Gasteiger partial charge < -0.3 is 24.3 Å². The molecule has 0 saturated heterocycles. The first-order valence-electron chi connectivity index (χ1n) is 5.85. The van der Waals surface area contributed by atoms with Crippen molar-refractivity contribution >= 4 is 21.2 Å². The lowest BCUT2D eigenvalue weighted by Gasteiger charge is -2.24. The molecule has 0 unspecified atom stereocenters. The third kappa shape index (κ3) is 12.3. The van der Waals surface area contributed by atoms with E-state index in [0.29, 0.717) is 0 Å². The van der Waals surface area contributed by atoms with Gasteiger partial charge in [-0.3, -0.25) is 0 Å². The lowest BCUT2D eigenvalue weighted by atomic mass is 10.5. The minimum Gasteiger partial charge on any atom is -0.405 e. The van der Waals surface area contributed by atoms with Crippen LogP contribution < -0.4 is 11.1 Å². The van der Waals surface area contributed by atoms with Gasteiger partial charge in [-0.05, 0) is 32.6 Å². The fourth-order valence-corrected chi connectivity index (χ4v) is 2.89. The van der Waals surface area contributed by atoms with Crippen LogP contribution in [0.15, 0.2) is 12.3 Å². The Bertz CT molecular complexity index is 169. The standard InChI is InChI=1S/C8H21NO3Si.C3H7N.ClH/c1-5-9-7-6-8-13(10-2,11-3)12-4;1-2-3-4;/h9H,5-8H2,1-4H3;2-3H,4H2,1H3;1H. The highest BCUT2D eigenvalue weighted by Crippen LogP contribution is 2.13. The molecule has 0 spiro atoms. The van der Waals surface area contributed by atoms with Gasteiger partial charge in [0, 0.05) is 27.4 Å². The van der Waals surface area contributed by atoms with Crippen molar-refractivity contribution in [2.45, 2.75) is 26.3 Å². The van der Waals surface area contributed by atoms with Crippen LogP contribution in [0.25, 0.3) is 0 Å². The normalized spacial score (nSPS) is 10.7. The summed E-state index contributed by atoms with van der Waals surface area (Å²) in [5.74, 6) is 0. The summed E-state index contributed by atoms with van der Waals surface area (Å²) in [6.45, 7) is 5.95. The second kappa shape index (κ2) is 16.9. The molecule has 7 heteroatoms. The molecule has 0 aromatic rings. The summed E-state index contributed by atoms with van der Waals surface area (Å²) < 4.78 is 15.8. The van der Waals surface area contributed by atoms with Crippen LogP contribution in [0.3, 0.4) is 0 Å². The van der Waals surface area contributed by atoms with Gasteiger partial charge in [0.1, 0.15) is 0 Å². The van der Waals surface area contributed by atoms with Crippen molar-refractivity contribution < 1.29 is 13.3 Å². The van der Waals surface area contributed by atoms with Crippen LogP contribution in [-0.2, 0) is 13.3 Å². The molecule has 0 aromatic carbocycles. The molecule has 112 valence electrons. The third-order valence-electron chi connectivity index (χ3n) is 2.21. The maximum atomic E-state index is 5.28. The predicted octanol–water partition coefficient (Wildman–Crippen LogP) is 1.76. The Kier molecular flexibility index (Phi) is 21.6. The van der Waals surface area contributed by atoms with E-state index in [4.69, 9.17) is 19.0 Å². The molecule has 0 radical (unpaired) electrons. The molecule has 0 fully saturated rings. The van der Waals surface area contributed by atoms with Crippen LogP contribution in [-0.4, -0.2) is 43.2 Å². The van der Waals surface area contributed by atoms with Crippen LogP contribution in [0.5, 0.6) is 0 Å². The molecule has 18 heavy (non-hydrogen) atoms. The van der Waals surface area contributed by atoms with E-state index in [2.05, 4.69) is 12.2 Å². The second-order valence-electron chi connectivity index (χ2n) is 3.28. The third-order valence-corrected chi connectivity index (χ3v) is 5.04. The lowest BCUT2D eigenvalue weighted by Crippen LogP contribution is -2.43. The van der Waals surface area contributed by atoms with E-state index in [1.165, 1.54) is 6.20 Å². The van der Waals surface area contributed by atoms with Crippen molar-refractivity contribution in [2.75, 3.05) is 34.4 Å². The smallest absolute Gasteiger partial charge is 0.405 e. The molecule has 5 nitrogen and oxygen atoms in total. The summed E-state index contributed by atoms with van der Waals surface area (Å²) >= 11 is 0. The summed E-state index contributed by atoms with van der Waals surface area (Å²) in [4.78, 5) is 0. The molecule has 0 atom stereocenters. The molecule has 0 aliphatic carbocycles. The molecule has 0 bridgehead atoms. The lowest BCUT2D eigenvalue weighted by molar-refractivity contribution is 0.123. The average molecular weight is 301 g/mol. The Morgan fingerprint density at radius 3 is 1.89 bits per heavy atom. The Morgan fingerprint density at radius 1 is 1.17 bits per heavy atom. The van der Waals surface area contributed by atoms with Crippen LogP contribution in [0.4, 0.5) is 0 Å². The Morgan fingerprint density at radius 2 is 1.61 bits per heavy atom. The first-order chi connectivity index (χ1) is 8.16. The zero-order valence-electron chi connectivity index (χ0n) is 12.2. The van der Waals surface area contributed by atoms with Crippen molar-refractivity contribution in [3.63, 3.8) is 0 Å². The number of allylic oxidation sites excluding steroid dienone is 1. The van der Waals surface area contributed by atoms with Gasteiger partial charge in [-0.2, -0.15) is 0 Å². The molecular formula is C11H29ClN2O3Si. The van der Waals surface area contributed by atoms with E-state index in [9.17, 15) is 0 Å². The van der Waals surface area contributed by atoms with E-state index in [1.54, 1.807) is 27.4 Å². The first kappa shape index (κ1) is 23.0. The molecule has 0 aliphatic rings. The Balaban J connectivity index is -0.000000392. The summed E-state index contributed by atoms with van der Waals surface area (Å²) in [5, 5.41) is 3.25. The van der Waals surface area contributed by atoms with Gasteiger partial charge in [0.2, 0.25) is 0 Å². The van der Waals surface area contributed by atoms with Gasteiger partial charge in [-0.25, -0.2) is 0 Å². The van der Waals surface area contributed by atoms with Crippen LogP contribution in [0, 0.1) is 0 Å². The molecule has 3 N–H and O–H groups in total. The van der Waals surface area contributed by atoms with Crippen molar-refractivity contribution in [1.29, 1.82) is 0 Å². The van der Waals surface area contributed by atoms with E-state index >= 15 is 0 Å². The molecular weight excluding hydrogens is 272 g/mol. The van der Waals surface area contributed by atoms with Gasteiger partial charge in [0.25, 0.3) is 0 Å². The van der Waals surface area contributed by atoms with Gasteiger partial charge >= 0.3 is 8.80 Å². The highest BCUT2D eigenvalue weighted by Gasteiger charge is 2.36. The molecule has 0 amide bonds. The largest absolute Gasteiger partial charge is 0.500 e. The fourth-order valence-electron chi connectivity index (χ4n) is 1.16. The Labute approximate surface area is 119 Å². The number of rotatable bonds is 8. The topological polar surface area (TPSA) is 65.7 Å². The van der Waals surface area contributed by atoms with Crippen LogP contribution in [0.1, 0.15) is 20.3 Å². The molecule has 0 heterocycles. The number of hydrogen-bond donors (Lipinski definition) is 2. The number of nitrogens with two attached hydrogens (primary N) is 1. The summed E-state index contributed by atoms with van der Waals surface area (Å²) in [7, 11) is 2.63. The highest BCUT2D eigenvalue weighted by atomic mass is 35.5. The maximum Gasteiger partial charge on any atom is 0.500 e. The average Bonchev–Trinajstić information content (AvgIpc) is 2.40.